The summed E-state index contributed by atoms with van der Waals surface area (Å²) < 4.78 is 6.38. The van der Waals surface area contributed by atoms with Crippen LogP contribution in [0.2, 0.25) is 0 Å². The topological polar surface area (TPSA) is 49.8 Å². The molecule has 1 N–H and O–H groups in total. The lowest BCUT2D eigenvalue weighted by Crippen LogP contribution is -2.41. The Balaban J connectivity index is 1.74. The normalized spacial score (nSPS) is 21.6. The first-order chi connectivity index (χ1) is 9.04. The number of hydrogen-bond donors (Lipinski definition) is 1. The summed E-state index contributed by atoms with van der Waals surface area (Å²) in [6, 6.07) is 7.42. The highest BCUT2D eigenvalue weighted by Gasteiger charge is 2.29. The van der Waals surface area contributed by atoms with Crippen LogP contribution in [0.3, 0.4) is 0 Å². The highest BCUT2D eigenvalue weighted by Crippen LogP contribution is 2.27. The fraction of sp³-hybridized carbons (Fsp3) is 0.500. The SMILES string of the molecule is CN(CC1CC(O)C1)C(=O)COc1cccc(Br)c1. The summed E-state index contributed by atoms with van der Waals surface area (Å²) in [6.07, 6.45) is 1.42. The van der Waals surface area contributed by atoms with Gasteiger partial charge in [-0.25, -0.2) is 0 Å². The first-order valence-corrected chi connectivity index (χ1v) is 7.14. The molecule has 19 heavy (non-hydrogen) atoms. The molecule has 5 heteroatoms. The van der Waals surface area contributed by atoms with Gasteiger partial charge in [-0.15, -0.1) is 0 Å². The van der Waals surface area contributed by atoms with Crippen LogP contribution in [0.1, 0.15) is 12.8 Å². The number of halogens is 1. The third-order valence-corrected chi connectivity index (χ3v) is 3.82. The van der Waals surface area contributed by atoms with Crippen LogP contribution >= 0.6 is 15.9 Å². The zero-order chi connectivity index (χ0) is 13.8. The molecule has 0 aromatic heterocycles. The molecule has 0 atom stereocenters. The average molecular weight is 328 g/mol. The number of aliphatic hydroxyl groups is 1. The molecule has 0 unspecified atom stereocenters. The lowest BCUT2D eigenvalue weighted by molar-refractivity contribution is -0.133. The molecule has 0 spiro atoms. The minimum absolute atomic E-state index is 0.0404. The van der Waals surface area contributed by atoms with Gasteiger partial charge in [0.05, 0.1) is 6.10 Å². The number of carbonyl (C=O) groups excluding carboxylic acids is 1. The van der Waals surface area contributed by atoms with Crippen LogP contribution in [0.4, 0.5) is 0 Å². The number of aliphatic hydroxyl groups excluding tert-OH is 1. The van der Waals surface area contributed by atoms with Crippen LogP contribution in [0, 0.1) is 5.92 Å². The van der Waals surface area contributed by atoms with Gasteiger partial charge in [0.2, 0.25) is 0 Å². The summed E-state index contributed by atoms with van der Waals surface area (Å²) in [6.45, 7) is 0.736. The first kappa shape index (κ1) is 14.3. The third kappa shape index (κ3) is 4.21. The van der Waals surface area contributed by atoms with Gasteiger partial charge in [-0.05, 0) is 37.0 Å². The number of rotatable bonds is 5. The van der Waals surface area contributed by atoms with Crippen LogP contribution in [-0.2, 0) is 4.79 Å². The molecule has 1 amide bonds. The minimum Gasteiger partial charge on any atom is -0.484 e. The Kier molecular flexibility index (Phi) is 4.82. The Morgan fingerprint density at radius 1 is 1.53 bits per heavy atom. The number of hydrogen-bond acceptors (Lipinski definition) is 3. The third-order valence-electron chi connectivity index (χ3n) is 3.33. The summed E-state index contributed by atoms with van der Waals surface area (Å²) in [7, 11) is 1.78. The molecule has 4 nitrogen and oxygen atoms in total. The van der Waals surface area contributed by atoms with Gasteiger partial charge in [-0.2, -0.15) is 0 Å². The zero-order valence-electron chi connectivity index (χ0n) is 10.9. The smallest absolute Gasteiger partial charge is 0.260 e. The average Bonchev–Trinajstić information content (AvgIpc) is 2.34. The molecule has 0 bridgehead atoms. The Morgan fingerprint density at radius 2 is 2.26 bits per heavy atom. The summed E-state index contributed by atoms with van der Waals surface area (Å²) in [5, 5.41) is 9.22. The second-order valence-electron chi connectivity index (χ2n) is 5.01. The Hall–Kier alpha value is -1.07. The molecular weight excluding hydrogens is 310 g/mol. The van der Waals surface area contributed by atoms with Gasteiger partial charge >= 0.3 is 0 Å². The van der Waals surface area contributed by atoms with E-state index in [0.717, 1.165) is 17.3 Å². The van der Waals surface area contributed by atoms with Gasteiger partial charge in [0.15, 0.2) is 6.61 Å². The molecule has 2 rings (SSSR count). The van der Waals surface area contributed by atoms with Crippen molar-refractivity contribution in [3.63, 3.8) is 0 Å². The van der Waals surface area contributed by atoms with Crippen molar-refractivity contribution >= 4 is 21.8 Å². The van der Waals surface area contributed by atoms with E-state index in [4.69, 9.17) is 4.74 Å². The van der Waals surface area contributed by atoms with Crippen LogP contribution in [0.5, 0.6) is 5.75 Å². The zero-order valence-corrected chi connectivity index (χ0v) is 12.5. The maximum absolute atomic E-state index is 11.9. The maximum Gasteiger partial charge on any atom is 0.260 e. The molecule has 1 saturated carbocycles. The van der Waals surface area contributed by atoms with E-state index in [0.29, 0.717) is 18.2 Å². The molecule has 104 valence electrons. The summed E-state index contributed by atoms with van der Waals surface area (Å²) in [4.78, 5) is 13.6. The van der Waals surface area contributed by atoms with Crippen LogP contribution < -0.4 is 4.74 Å². The Labute approximate surface area is 121 Å². The summed E-state index contributed by atoms with van der Waals surface area (Å²) >= 11 is 3.35. The van der Waals surface area contributed by atoms with E-state index in [-0.39, 0.29) is 18.6 Å². The number of carbonyl (C=O) groups is 1. The van der Waals surface area contributed by atoms with Crippen molar-refractivity contribution in [2.45, 2.75) is 18.9 Å². The molecule has 0 heterocycles. The highest BCUT2D eigenvalue weighted by molar-refractivity contribution is 9.10. The molecule has 1 aromatic rings. The standard InChI is InChI=1S/C14H18BrNO3/c1-16(8-10-5-12(17)6-10)14(18)9-19-13-4-2-3-11(15)7-13/h2-4,7,10,12,17H,5-6,8-9H2,1H3. The quantitative estimate of drug-likeness (QED) is 0.900. The predicted octanol–water partition coefficient (Wildman–Crippen LogP) is 2.06. The van der Waals surface area contributed by atoms with E-state index in [9.17, 15) is 9.90 Å². The number of benzene rings is 1. The van der Waals surface area contributed by atoms with Crippen molar-refractivity contribution in [1.29, 1.82) is 0 Å². The highest BCUT2D eigenvalue weighted by atomic mass is 79.9. The van der Waals surface area contributed by atoms with Crippen LogP contribution in [-0.4, -0.2) is 42.2 Å². The molecule has 0 radical (unpaired) electrons. The van der Waals surface area contributed by atoms with Crippen molar-refractivity contribution in [3.05, 3.63) is 28.7 Å². The van der Waals surface area contributed by atoms with Gasteiger partial charge in [0.1, 0.15) is 5.75 Å². The second-order valence-corrected chi connectivity index (χ2v) is 5.93. The molecule has 1 aliphatic carbocycles. The summed E-state index contributed by atoms with van der Waals surface area (Å²) in [5.74, 6) is 1.06. The van der Waals surface area contributed by atoms with Gasteiger partial charge in [-0.1, -0.05) is 22.0 Å². The number of nitrogens with zero attached hydrogens (tertiary/aromatic N) is 1. The lowest BCUT2D eigenvalue weighted by atomic mass is 9.82. The van der Waals surface area contributed by atoms with Crippen molar-refractivity contribution in [2.24, 2.45) is 5.92 Å². The fourth-order valence-corrected chi connectivity index (χ4v) is 2.53. The van der Waals surface area contributed by atoms with Crippen molar-refractivity contribution < 1.29 is 14.6 Å². The van der Waals surface area contributed by atoms with Crippen molar-refractivity contribution in [2.75, 3.05) is 20.2 Å². The monoisotopic (exact) mass is 327 g/mol. The first-order valence-electron chi connectivity index (χ1n) is 6.35. The van der Waals surface area contributed by atoms with Crippen LogP contribution in [0.25, 0.3) is 0 Å². The van der Waals surface area contributed by atoms with E-state index in [1.807, 2.05) is 24.3 Å². The molecule has 0 saturated heterocycles. The van der Waals surface area contributed by atoms with Gasteiger partial charge in [-0.3, -0.25) is 4.79 Å². The molecule has 1 aliphatic rings. The fourth-order valence-electron chi connectivity index (χ4n) is 2.15. The van der Waals surface area contributed by atoms with Gasteiger partial charge in [0, 0.05) is 18.1 Å². The molecule has 1 fully saturated rings. The van der Waals surface area contributed by atoms with E-state index >= 15 is 0 Å². The minimum atomic E-state index is -0.175. The van der Waals surface area contributed by atoms with Crippen molar-refractivity contribution in [1.82, 2.24) is 4.90 Å². The number of ether oxygens (including phenoxy) is 1. The molecular formula is C14H18BrNO3. The Morgan fingerprint density at radius 3 is 2.89 bits per heavy atom. The number of likely N-dealkylation sites (N-methyl/N-ethyl adjacent to an activating group) is 1. The maximum atomic E-state index is 11.9. The van der Waals surface area contributed by atoms with E-state index in [2.05, 4.69) is 15.9 Å². The van der Waals surface area contributed by atoms with E-state index in [1.54, 1.807) is 11.9 Å². The predicted molar refractivity (Wildman–Crippen MR) is 76.0 cm³/mol. The second kappa shape index (κ2) is 6.39. The largest absolute Gasteiger partial charge is 0.484 e. The van der Waals surface area contributed by atoms with Crippen molar-refractivity contribution in [3.8, 4) is 5.75 Å². The summed E-state index contributed by atoms with van der Waals surface area (Å²) in [5.41, 5.74) is 0. The molecule has 1 aromatic carbocycles. The molecule has 0 aliphatic heterocycles. The Bertz CT molecular complexity index is 446. The van der Waals surface area contributed by atoms with Crippen LogP contribution in [0.15, 0.2) is 28.7 Å². The van der Waals surface area contributed by atoms with E-state index in [1.165, 1.54) is 0 Å². The van der Waals surface area contributed by atoms with E-state index < -0.39 is 0 Å². The van der Waals surface area contributed by atoms with Gasteiger partial charge in [0.25, 0.3) is 5.91 Å². The van der Waals surface area contributed by atoms with Gasteiger partial charge < -0.3 is 14.7 Å². The number of amides is 1. The lowest BCUT2D eigenvalue weighted by Gasteiger charge is -2.34.